The Hall–Kier alpha value is -2.58. The first kappa shape index (κ1) is 21.4. The maximum atomic E-state index is 12.2. The Bertz CT molecular complexity index is 545. The van der Waals surface area contributed by atoms with Crippen molar-refractivity contribution in [3.05, 3.63) is 11.3 Å². The Balaban J connectivity index is 5.02. The predicted molar refractivity (Wildman–Crippen MR) is 88.5 cm³/mol. The molecule has 1 atom stereocenters. The molecule has 0 aliphatic heterocycles. The Kier molecular flexibility index (Phi) is 7.94. The highest BCUT2D eigenvalue weighted by atomic mass is 16.6. The lowest BCUT2D eigenvalue weighted by atomic mass is 10.1. The van der Waals surface area contributed by atoms with E-state index in [1.807, 2.05) is 0 Å². The van der Waals surface area contributed by atoms with Crippen LogP contribution >= 0.6 is 0 Å². The molecule has 9 nitrogen and oxygen atoms in total. The smallest absolute Gasteiger partial charge is 0.407 e. The molecule has 0 radical (unpaired) electrons. The van der Waals surface area contributed by atoms with Crippen molar-refractivity contribution in [3.63, 3.8) is 0 Å². The SMILES string of the molecule is COC(=O)[C@H](CNC(=O)OC(C)(C)C)NC(=O)/C(C(C)=N)=C(\C)N. The monoisotopic (exact) mass is 342 g/mol. The molecule has 0 saturated heterocycles. The van der Waals surface area contributed by atoms with Gasteiger partial charge in [-0.05, 0) is 34.6 Å². The molecular weight excluding hydrogens is 316 g/mol. The Morgan fingerprint density at radius 2 is 1.75 bits per heavy atom. The van der Waals surface area contributed by atoms with Gasteiger partial charge in [0.1, 0.15) is 11.6 Å². The number of esters is 1. The highest BCUT2D eigenvalue weighted by Crippen LogP contribution is 2.06. The molecule has 24 heavy (non-hydrogen) atoms. The Morgan fingerprint density at radius 3 is 2.12 bits per heavy atom. The molecule has 0 aliphatic carbocycles. The molecule has 0 aromatic heterocycles. The normalized spacial score (nSPS) is 13.2. The van der Waals surface area contributed by atoms with Gasteiger partial charge < -0.3 is 31.3 Å². The van der Waals surface area contributed by atoms with E-state index >= 15 is 0 Å². The standard InChI is InChI=1S/C15H26N4O5/c1-8(16)11(9(2)17)12(20)19-10(13(21)23-6)7-18-14(22)24-15(3,4)5/h10,16H,7,17H2,1-6H3,(H,18,22)(H,19,20)/b11-9+,16-8?/t10-/m0/s1. The van der Waals surface area contributed by atoms with Crippen LogP contribution in [-0.4, -0.2) is 49.0 Å². The van der Waals surface area contributed by atoms with E-state index in [4.69, 9.17) is 15.9 Å². The van der Waals surface area contributed by atoms with Crippen molar-refractivity contribution >= 4 is 23.7 Å². The van der Waals surface area contributed by atoms with E-state index in [-0.39, 0.29) is 23.5 Å². The summed E-state index contributed by atoms with van der Waals surface area (Å²) < 4.78 is 9.65. The molecule has 0 aromatic rings. The summed E-state index contributed by atoms with van der Waals surface area (Å²) in [6.07, 6.45) is -0.736. The van der Waals surface area contributed by atoms with E-state index < -0.39 is 29.6 Å². The van der Waals surface area contributed by atoms with Crippen molar-refractivity contribution in [1.29, 1.82) is 5.41 Å². The number of hydrogen-bond donors (Lipinski definition) is 4. The van der Waals surface area contributed by atoms with Crippen LogP contribution in [0.1, 0.15) is 34.6 Å². The van der Waals surface area contributed by atoms with Gasteiger partial charge >= 0.3 is 12.1 Å². The number of hydrogen-bond acceptors (Lipinski definition) is 7. The molecule has 5 N–H and O–H groups in total. The number of carbonyl (C=O) groups is 3. The van der Waals surface area contributed by atoms with Crippen molar-refractivity contribution in [3.8, 4) is 0 Å². The zero-order chi connectivity index (χ0) is 19.1. The van der Waals surface area contributed by atoms with Crippen LogP contribution in [0.5, 0.6) is 0 Å². The van der Waals surface area contributed by atoms with E-state index in [9.17, 15) is 14.4 Å². The Morgan fingerprint density at radius 1 is 1.21 bits per heavy atom. The van der Waals surface area contributed by atoms with Crippen LogP contribution in [0.15, 0.2) is 11.3 Å². The highest BCUT2D eigenvalue weighted by molar-refractivity contribution is 6.20. The largest absolute Gasteiger partial charge is 0.467 e. The third-order valence-corrected chi connectivity index (χ3v) is 2.64. The summed E-state index contributed by atoms with van der Waals surface area (Å²) >= 11 is 0. The summed E-state index contributed by atoms with van der Waals surface area (Å²) in [4.78, 5) is 35.6. The third-order valence-electron chi connectivity index (χ3n) is 2.64. The lowest BCUT2D eigenvalue weighted by molar-refractivity contribution is -0.144. The summed E-state index contributed by atoms with van der Waals surface area (Å²) in [7, 11) is 1.15. The lowest BCUT2D eigenvalue weighted by Crippen LogP contribution is -2.50. The van der Waals surface area contributed by atoms with Gasteiger partial charge in [0.15, 0.2) is 0 Å². The van der Waals surface area contributed by atoms with E-state index in [1.54, 1.807) is 20.8 Å². The minimum Gasteiger partial charge on any atom is -0.467 e. The second-order valence-electron chi connectivity index (χ2n) is 6.12. The first-order valence-corrected chi connectivity index (χ1v) is 7.26. The van der Waals surface area contributed by atoms with Crippen LogP contribution in [0.2, 0.25) is 0 Å². The molecule has 0 rings (SSSR count). The summed E-state index contributed by atoms with van der Waals surface area (Å²) in [6, 6.07) is -1.15. The van der Waals surface area contributed by atoms with Crippen LogP contribution in [0.3, 0.4) is 0 Å². The molecule has 9 heteroatoms. The first-order valence-electron chi connectivity index (χ1n) is 7.26. The molecule has 0 aliphatic rings. The molecule has 0 unspecified atom stereocenters. The van der Waals surface area contributed by atoms with Crippen LogP contribution in [0.4, 0.5) is 4.79 Å². The quantitative estimate of drug-likeness (QED) is 0.313. The van der Waals surface area contributed by atoms with Crippen molar-refractivity contribution < 1.29 is 23.9 Å². The van der Waals surface area contributed by atoms with E-state index in [0.29, 0.717) is 0 Å². The zero-order valence-electron chi connectivity index (χ0n) is 14.9. The maximum Gasteiger partial charge on any atom is 0.407 e. The lowest BCUT2D eigenvalue weighted by Gasteiger charge is -2.22. The molecule has 2 amide bonds. The van der Waals surface area contributed by atoms with Crippen LogP contribution in [-0.2, 0) is 19.1 Å². The molecule has 136 valence electrons. The van der Waals surface area contributed by atoms with Gasteiger partial charge in [0.05, 0.1) is 19.2 Å². The fraction of sp³-hybridized carbons (Fsp3) is 0.600. The fourth-order valence-electron chi connectivity index (χ4n) is 1.71. The van der Waals surface area contributed by atoms with Crippen molar-refractivity contribution in [1.82, 2.24) is 10.6 Å². The molecule has 0 aromatic carbocycles. The number of alkyl carbamates (subject to hydrolysis) is 1. The third kappa shape index (κ3) is 7.61. The van der Waals surface area contributed by atoms with Gasteiger partial charge in [-0.1, -0.05) is 0 Å². The average molecular weight is 342 g/mol. The summed E-state index contributed by atoms with van der Waals surface area (Å²) in [6.45, 7) is 7.72. The van der Waals surface area contributed by atoms with Crippen molar-refractivity contribution in [2.45, 2.75) is 46.3 Å². The number of methoxy groups -OCH3 is 1. The van der Waals surface area contributed by atoms with Gasteiger partial charge in [0, 0.05) is 11.4 Å². The average Bonchev–Trinajstić information content (AvgIpc) is 2.39. The molecule has 0 fully saturated rings. The van der Waals surface area contributed by atoms with E-state index in [1.165, 1.54) is 13.8 Å². The molecular formula is C15H26N4O5. The highest BCUT2D eigenvalue weighted by Gasteiger charge is 2.26. The zero-order valence-corrected chi connectivity index (χ0v) is 14.9. The number of nitrogens with one attached hydrogen (secondary N) is 3. The number of amides is 2. The van der Waals surface area contributed by atoms with Crippen molar-refractivity contribution in [2.75, 3.05) is 13.7 Å². The maximum absolute atomic E-state index is 12.2. The number of rotatable bonds is 6. The van der Waals surface area contributed by atoms with Gasteiger partial charge in [-0.3, -0.25) is 4.79 Å². The molecule has 0 spiro atoms. The minimum absolute atomic E-state index is 0.0406. The predicted octanol–water partition coefficient (Wildman–Crippen LogP) is 0.441. The van der Waals surface area contributed by atoms with Crippen LogP contribution in [0.25, 0.3) is 0 Å². The van der Waals surface area contributed by atoms with Crippen molar-refractivity contribution in [2.24, 2.45) is 5.73 Å². The molecule has 0 heterocycles. The summed E-state index contributed by atoms with van der Waals surface area (Å²) in [5.74, 6) is -1.46. The van der Waals surface area contributed by atoms with Crippen LogP contribution in [0, 0.1) is 5.41 Å². The second kappa shape index (κ2) is 8.90. The van der Waals surface area contributed by atoms with Gasteiger partial charge in [-0.15, -0.1) is 0 Å². The van der Waals surface area contributed by atoms with Gasteiger partial charge in [-0.2, -0.15) is 0 Å². The van der Waals surface area contributed by atoms with Gasteiger partial charge in [-0.25, -0.2) is 9.59 Å². The van der Waals surface area contributed by atoms with E-state index in [0.717, 1.165) is 7.11 Å². The fourth-order valence-corrected chi connectivity index (χ4v) is 1.71. The number of nitrogens with two attached hydrogens (primary N) is 1. The van der Waals surface area contributed by atoms with Gasteiger partial charge in [0.2, 0.25) is 0 Å². The number of ether oxygens (including phenoxy) is 2. The Labute approximate surface area is 141 Å². The number of allylic oxidation sites excluding steroid dienone is 1. The first-order chi connectivity index (χ1) is 10.9. The molecule has 0 bridgehead atoms. The molecule has 0 saturated carbocycles. The summed E-state index contributed by atoms with van der Waals surface area (Å²) in [5.41, 5.74) is 4.95. The van der Waals surface area contributed by atoms with Crippen LogP contribution < -0.4 is 16.4 Å². The van der Waals surface area contributed by atoms with Gasteiger partial charge in [0.25, 0.3) is 5.91 Å². The minimum atomic E-state index is -1.15. The van der Waals surface area contributed by atoms with E-state index in [2.05, 4.69) is 15.4 Å². The number of carbonyl (C=O) groups excluding carboxylic acids is 3. The second-order valence-corrected chi connectivity index (χ2v) is 6.12. The summed E-state index contributed by atoms with van der Waals surface area (Å²) in [5, 5.41) is 12.3. The topological polar surface area (TPSA) is 144 Å².